The van der Waals surface area contributed by atoms with Gasteiger partial charge in [-0.05, 0) is 74.9 Å². The van der Waals surface area contributed by atoms with Crippen molar-refractivity contribution in [2.75, 3.05) is 36.5 Å². The molecule has 2 aliphatic rings. The fourth-order valence-corrected chi connectivity index (χ4v) is 4.87. The summed E-state index contributed by atoms with van der Waals surface area (Å²) < 4.78 is 5.51. The topological polar surface area (TPSA) is 260 Å². The molecule has 1 heterocycles. The Balaban J connectivity index is 0. The molecule has 0 radical (unpaired) electrons. The molecular weight excluding hydrogens is 795 g/mol. The molecule has 0 saturated heterocycles. The SMILES string of the molecule is CCN(CC)c1ccc2c(c1)OC(=O)C(C(=O)/C=C/c1ccc(N(C)CCC(=O)O)cc1)C2.O.O=C(O)C1(C(=O)O)CCC1.[NH2-].[NH2-].[Pt+2]. The Morgan fingerprint density at radius 3 is 1.94 bits per heavy atom. The van der Waals surface area contributed by atoms with Gasteiger partial charge in [-0.1, -0.05) is 24.3 Å². The molecule has 262 valence electrons. The average molecular weight is 840 g/mol. The number of nitrogens with two attached hydrogens (primary N) is 2. The Hall–Kier alpha value is -4.10. The van der Waals surface area contributed by atoms with Crippen LogP contribution in [0, 0.1) is 11.3 Å². The molecule has 9 N–H and O–H groups in total. The van der Waals surface area contributed by atoms with Crippen LogP contribution in [0.15, 0.2) is 48.5 Å². The standard InChI is InChI=1S/C26H30N2O5.C6H8O4.2H2N.H2O.Pt/c1-4-28(5-2)21-12-9-19-16-22(26(32)33-24(19)17-21)23(29)13-8-18-6-10-20(11-7-18)27(3)15-14-25(30)31;7-4(8)6(5(9)10)2-1-3-6;;;;/h6-13,17,22H,4-5,14-16H2,1-3H3,(H,30,31);1-3H2,(H,7,8)(H,9,10);3*1H2;/q;;2*-1;;+2/b13-8+;;;;;. The molecule has 1 fully saturated rings. The number of carboxylic acids is 3. The van der Waals surface area contributed by atoms with Crippen LogP contribution in [0.4, 0.5) is 11.4 Å². The Kier molecular flexibility index (Phi) is 19.4. The number of hydrogen-bond donors (Lipinski definition) is 3. The van der Waals surface area contributed by atoms with Crippen LogP contribution in [0.25, 0.3) is 18.4 Å². The number of fused-ring (bicyclic) bond motifs is 1. The minimum Gasteiger partial charge on any atom is -0.693 e. The third kappa shape index (κ3) is 11.3. The van der Waals surface area contributed by atoms with Gasteiger partial charge in [0.1, 0.15) is 11.7 Å². The first-order valence-corrected chi connectivity index (χ1v) is 14.2. The number of carbonyl (C=O) groups is 5. The van der Waals surface area contributed by atoms with Crippen molar-refractivity contribution in [1.82, 2.24) is 0 Å². The van der Waals surface area contributed by atoms with Crippen molar-refractivity contribution in [2.24, 2.45) is 11.3 Å². The summed E-state index contributed by atoms with van der Waals surface area (Å²) in [7, 11) is 1.83. The fourth-order valence-electron chi connectivity index (χ4n) is 4.87. The van der Waals surface area contributed by atoms with Gasteiger partial charge < -0.3 is 47.6 Å². The molecule has 1 atom stereocenters. The van der Waals surface area contributed by atoms with Crippen LogP contribution >= 0.6 is 0 Å². The van der Waals surface area contributed by atoms with Crippen molar-refractivity contribution >= 4 is 47.1 Å². The summed E-state index contributed by atoms with van der Waals surface area (Å²) in [5, 5.41) is 25.8. The first kappa shape index (κ1) is 45.0. The summed E-state index contributed by atoms with van der Waals surface area (Å²) in [6, 6.07) is 13.2. The second-order valence-corrected chi connectivity index (χ2v) is 10.6. The monoisotopic (exact) mass is 839 g/mol. The van der Waals surface area contributed by atoms with E-state index in [0.29, 0.717) is 25.1 Å². The van der Waals surface area contributed by atoms with Crippen LogP contribution in [0.1, 0.15) is 50.7 Å². The van der Waals surface area contributed by atoms with E-state index in [9.17, 15) is 24.0 Å². The zero-order valence-electron chi connectivity index (χ0n) is 26.6. The summed E-state index contributed by atoms with van der Waals surface area (Å²) in [5.74, 6) is -4.38. The Morgan fingerprint density at radius 1 is 0.936 bits per heavy atom. The zero-order valence-corrected chi connectivity index (χ0v) is 28.9. The number of benzene rings is 2. The zero-order chi connectivity index (χ0) is 31.7. The fraction of sp³-hybridized carbons (Fsp3) is 0.406. The van der Waals surface area contributed by atoms with Crippen LogP contribution in [0.3, 0.4) is 0 Å². The van der Waals surface area contributed by atoms with E-state index < -0.39 is 35.2 Å². The Labute approximate surface area is 288 Å². The number of ether oxygens (including phenoxy) is 1. The van der Waals surface area contributed by atoms with Crippen LogP contribution in [0.2, 0.25) is 0 Å². The normalized spacial score (nSPS) is 15.1. The largest absolute Gasteiger partial charge is 2.00 e. The van der Waals surface area contributed by atoms with Crippen LogP contribution in [-0.2, 0) is 51.5 Å². The van der Waals surface area contributed by atoms with Crippen molar-refractivity contribution in [2.45, 2.75) is 46.0 Å². The molecule has 15 heteroatoms. The molecule has 1 aliphatic heterocycles. The quantitative estimate of drug-likeness (QED) is 0.114. The second kappa shape index (κ2) is 20.2. The van der Waals surface area contributed by atoms with E-state index in [1.807, 2.05) is 54.4 Å². The van der Waals surface area contributed by atoms with E-state index in [2.05, 4.69) is 18.7 Å². The number of hydrogen-bond acceptors (Lipinski definition) is 8. The van der Waals surface area contributed by atoms with Gasteiger partial charge in [0.05, 0.1) is 6.42 Å². The number of esters is 1. The Morgan fingerprint density at radius 2 is 1.49 bits per heavy atom. The van der Waals surface area contributed by atoms with Crippen LogP contribution < -0.4 is 14.5 Å². The van der Waals surface area contributed by atoms with Gasteiger partial charge >= 0.3 is 44.9 Å². The van der Waals surface area contributed by atoms with Gasteiger partial charge in [-0.25, -0.2) is 0 Å². The van der Waals surface area contributed by atoms with Crippen molar-refractivity contribution < 1.29 is 70.6 Å². The summed E-state index contributed by atoms with van der Waals surface area (Å²) in [6.07, 6.45) is 4.74. The maximum absolute atomic E-state index is 12.7. The van der Waals surface area contributed by atoms with Crippen LogP contribution in [0.5, 0.6) is 5.75 Å². The number of carboxylic acid groups (broad SMARTS) is 3. The van der Waals surface area contributed by atoms with E-state index in [1.165, 1.54) is 6.08 Å². The first-order chi connectivity index (χ1) is 20.4. The molecule has 0 aromatic heterocycles. The van der Waals surface area contributed by atoms with Gasteiger partial charge in [-0.2, -0.15) is 0 Å². The molecule has 2 aromatic carbocycles. The second-order valence-electron chi connectivity index (χ2n) is 10.6. The molecule has 0 amide bonds. The number of carbonyl (C=O) groups excluding carboxylic acids is 2. The van der Waals surface area contributed by atoms with Gasteiger partial charge in [-0.15, -0.1) is 0 Å². The van der Waals surface area contributed by atoms with Crippen molar-refractivity contribution in [3.05, 3.63) is 72.0 Å². The van der Waals surface area contributed by atoms with E-state index in [0.717, 1.165) is 35.6 Å². The number of nitrogens with zero attached hydrogens (tertiary/aromatic N) is 2. The van der Waals surface area contributed by atoms with Crippen molar-refractivity contribution in [1.29, 1.82) is 0 Å². The third-order valence-corrected chi connectivity index (χ3v) is 7.90. The predicted octanol–water partition coefficient (Wildman–Crippen LogP) is 4.74. The number of allylic oxidation sites excluding steroid dienone is 1. The molecule has 0 bridgehead atoms. The summed E-state index contributed by atoms with van der Waals surface area (Å²) in [4.78, 5) is 60.7. The van der Waals surface area contributed by atoms with Gasteiger partial charge in [-0.3, -0.25) is 24.0 Å². The molecule has 4 rings (SSSR count). The molecule has 1 aliphatic carbocycles. The Bertz CT molecular complexity index is 1380. The minimum atomic E-state index is -1.44. The number of rotatable bonds is 12. The first-order valence-electron chi connectivity index (χ1n) is 14.2. The molecule has 1 unspecified atom stereocenters. The van der Waals surface area contributed by atoms with Gasteiger partial charge in [0.15, 0.2) is 11.2 Å². The number of aliphatic carboxylic acids is 3. The number of ketones is 1. The smallest absolute Gasteiger partial charge is 0.693 e. The van der Waals surface area contributed by atoms with Crippen molar-refractivity contribution in [3.63, 3.8) is 0 Å². The molecule has 1 saturated carbocycles. The van der Waals surface area contributed by atoms with E-state index >= 15 is 0 Å². The maximum Gasteiger partial charge on any atom is 2.00 e. The molecule has 47 heavy (non-hydrogen) atoms. The van der Waals surface area contributed by atoms with Gasteiger partial charge in [0, 0.05) is 44.1 Å². The summed E-state index contributed by atoms with van der Waals surface area (Å²) >= 11 is 0. The van der Waals surface area contributed by atoms with Crippen molar-refractivity contribution in [3.8, 4) is 5.75 Å². The van der Waals surface area contributed by atoms with Gasteiger partial charge in [0.2, 0.25) is 0 Å². The summed E-state index contributed by atoms with van der Waals surface area (Å²) in [5.41, 5.74) is 2.10. The maximum atomic E-state index is 12.7. The van der Waals surface area contributed by atoms with E-state index in [1.54, 1.807) is 6.08 Å². The molecule has 2 aromatic rings. The predicted molar refractivity (Wildman–Crippen MR) is 175 cm³/mol. The third-order valence-electron chi connectivity index (χ3n) is 7.90. The summed E-state index contributed by atoms with van der Waals surface area (Å²) in [6.45, 7) is 6.26. The molecule has 14 nitrogen and oxygen atoms in total. The van der Waals surface area contributed by atoms with Crippen LogP contribution in [-0.4, -0.2) is 77.1 Å². The van der Waals surface area contributed by atoms with E-state index in [4.69, 9.17) is 20.1 Å². The number of anilines is 2. The van der Waals surface area contributed by atoms with Gasteiger partial charge in [0.25, 0.3) is 0 Å². The molecular formula is C32H44N4O10Pt. The average Bonchev–Trinajstić information content (AvgIpc) is 2.94. The minimum absolute atomic E-state index is 0. The molecule has 0 spiro atoms. The van der Waals surface area contributed by atoms with E-state index in [-0.39, 0.29) is 63.9 Å².